The Bertz CT molecular complexity index is 1350. The first-order valence-electron chi connectivity index (χ1n) is 12.1. The number of fused-ring (bicyclic) bond motifs is 1. The third-order valence-electron chi connectivity index (χ3n) is 6.42. The number of ether oxygens (including phenoxy) is 2. The zero-order chi connectivity index (χ0) is 24.9. The van der Waals surface area contributed by atoms with E-state index in [0.717, 1.165) is 63.8 Å². The van der Waals surface area contributed by atoms with Crippen LogP contribution >= 0.6 is 0 Å². The molecular weight excluding hydrogens is 452 g/mol. The van der Waals surface area contributed by atoms with Gasteiger partial charge in [-0.25, -0.2) is 4.98 Å². The maximum absolute atomic E-state index is 12.4. The van der Waals surface area contributed by atoms with E-state index in [-0.39, 0.29) is 5.91 Å². The lowest BCUT2D eigenvalue weighted by molar-refractivity contribution is -0.117. The number of benzene rings is 3. The molecule has 0 bridgehead atoms. The molecule has 36 heavy (non-hydrogen) atoms. The molecule has 0 atom stereocenters. The maximum Gasteiger partial charge on any atom is 0.238 e. The summed E-state index contributed by atoms with van der Waals surface area (Å²) in [6.45, 7) is 2.44. The molecule has 3 aromatic carbocycles. The number of nitrogens with one attached hydrogen (secondary N) is 2. The average Bonchev–Trinajstić information content (AvgIpc) is 3.42. The molecule has 1 aliphatic heterocycles. The van der Waals surface area contributed by atoms with Crippen LogP contribution in [0.2, 0.25) is 0 Å². The van der Waals surface area contributed by atoms with Gasteiger partial charge in [0.25, 0.3) is 0 Å². The number of carbonyl (C=O) groups is 1. The standard InChI is InChI=1S/C29H30N4O3/c1-35-24-12-5-20(6-13-24)26-17-21-7-14-25(36-2)18-27(21)32-29(26)31-23-10-8-22(9-11-23)30-28(34)19-33-15-3-4-16-33/h5-14,17-18H,3-4,15-16,19H2,1-2H3,(H,30,34)(H,31,32). The molecule has 1 fully saturated rings. The summed E-state index contributed by atoms with van der Waals surface area (Å²) in [5.41, 5.74) is 4.47. The van der Waals surface area contributed by atoms with Crippen molar-refractivity contribution in [3.8, 4) is 22.6 Å². The van der Waals surface area contributed by atoms with Crippen molar-refractivity contribution in [1.29, 1.82) is 0 Å². The number of likely N-dealkylation sites (tertiary alicyclic amines) is 1. The van der Waals surface area contributed by atoms with Gasteiger partial charge in [-0.15, -0.1) is 0 Å². The maximum atomic E-state index is 12.4. The zero-order valence-electron chi connectivity index (χ0n) is 20.6. The normalized spacial score (nSPS) is 13.5. The Morgan fingerprint density at radius 3 is 2.22 bits per heavy atom. The van der Waals surface area contributed by atoms with Crippen LogP contribution in [0.15, 0.2) is 72.8 Å². The summed E-state index contributed by atoms with van der Waals surface area (Å²) in [6, 6.07) is 23.6. The van der Waals surface area contributed by atoms with Crippen molar-refractivity contribution in [1.82, 2.24) is 9.88 Å². The van der Waals surface area contributed by atoms with Crippen molar-refractivity contribution in [2.45, 2.75) is 12.8 Å². The monoisotopic (exact) mass is 482 g/mol. The second kappa shape index (κ2) is 10.7. The first kappa shape index (κ1) is 23.6. The number of anilines is 3. The molecule has 184 valence electrons. The summed E-state index contributed by atoms with van der Waals surface area (Å²) in [4.78, 5) is 19.5. The highest BCUT2D eigenvalue weighted by atomic mass is 16.5. The highest BCUT2D eigenvalue weighted by Gasteiger charge is 2.15. The van der Waals surface area contributed by atoms with Gasteiger partial charge in [-0.2, -0.15) is 0 Å². The molecule has 7 nitrogen and oxygen atoms in total. The summed E-state index contributed by atoms with van der Waals surface area (Å²) >= 11 is 0. The number of methoxy groups -OCH3 is 2. The lowest BCUT2D eigenvalue weighted by atomic mass is 10.0. The van der Waals surface area contributed by atoms with Crippen LogP contribution in [0.25, 0.3) is 22.0 Å². The Hall–Kier alpha value is -4.10. The smallest absolute Gasteiger partial charge is 0.238 e. The number of rotatable bonds is 8. The van der Waals surface area contributed by atoms with Gasteiger partial charge in [-0.05, 0) is 86.1 Å². The molecule has 1 aromatic heterocycles. The van der Waals surface area contributed by atoms with E-state index in [9.17, 15) is 4.79 Å². The fraction of sp³-hybridized carbons (Fsp3) is 0.241. The quantitative estimate of drug-likeness (QED) is 0.336. The molecule has 4 aromatic rings. The second-order valence-electron chi connectivity index (χ2n) is 8.91. The van der Waals surface area contributed by atoms with Crippen LogP contribution in [0.4, 0.5) is 17.2 Å². The summed E-state index contributed by atoms with van der Waals surface area (Å²) in [5, 5.41) is 7.48. The third kappa shape index (κ3) is 5.42. The van der Waals surface area contributed by atoms with Gasteiger partial charge in [0.15, 0.2) is 0 Å². The Balaban J connectivity index is 1.40. The molecule has 1 saturated heterocycles. The molecule has 2 N–H and O–H groups in total. The van der Waals surface area contributed by atoms with Crippen molar-refractivity contribution in [3.05, 3.63) is 72.8 Å². The molecule has 1 aliphatic rings. The molecule has 7 heteroatoms. The van der Waals surface area contributed by atoms with Crippen molar-refractivity contribution >= 4 is 34.0 Å². The highest BCUT2D eigenvalue weighted by molar-refractivity contribution is 5.93. The second-order valence-corrected chi connectivity index (χ2v) is 8.91. The van der Waals surface area contributed by atoms with Gasteiger partial charge in [0.2, 0.25) is 5.91 Å². The largest absolute Gasteiger partial charge is 0.497 e. The minimum Gasteiger partial charge on any atom is -0.497 e. The number of nitrogens with zero attached hydrogens (tertiary/aromatic N) is 2. The molecule has 0 aliphatic carbocycles. The van der Waals surface area contributed by atoms with Gasteiger partial charge in [0.1, 0.15) is 17.3 Å². The highest BCUT2D eigenvalue weighted by Crippen LogP contribution is 2.34. The Labute approximate surface area is 211 Å². The number of carbonyl (C=O) groups excluding carboxylic acids is 1. The van der Waals surface area contributed by atoms with Gasteiger partial charge < -0.3 is 20.1 Å². The fourth-order valence-corrected chi connectivity index (χ4v) is 4.48. The van der Waals surface area contributed by atoms with Crippen molar-refractivity contribution in [2.75, 3.05) is 44.5 Å². The predicted octanol–water partition coefficient (Wildman–Crippen LogP) is 5.70. The summed E-state index contributed by atoms with van der Waals surface area (Å²) < 4.78 is 10.7. The van der Waals surface area contributed by atoms with E-state index in [0.29, 0.717) is 6.54 Å². The van der Waals surface area contributed by atoms with Crippen molar-refractivity contribution in [3.63, 3.8) is 0 Å². The van der Waals surface area contributed by atoms with Crippen LogP contribution in [0, 0.1) is 0 Å². The van der Waals surface area contributed by atoms with Crippen LogP contribution in [-0.2, 0) is 4.79 Å². The molecule has 2 heterocycles. The minimum absolute atomic E-state index is 0.0181. The predicted molar refractivity (Wildman–Crippen MR) is 144 cm³/mol. The van der Waals surface area contributed by atoms with E-state index in [1.54, 1.807) is 14.2 Å². The SMILES string of the molecule is COc1ccc(-c2cc3ccc(OC)cc3nc2Nc2ccc(NC(=O)CN3CCCC3)cc2)cc1. The van der Waals surface area contributed by atoms with Crippen LogP contribution in [-0.4, -0.2) is 49.6 Å². The molecule has 0 spiro atoms. The summed E-state index contributed by atoms with van der Waals surface area (Å²) in [6.07, 6.45) is 2.34. The van der Waals surface area contributed by atoms with Crippen LogP contribution in [0.3, 0.4) is 0 Å². The van der Waals surface area contributed by atoms with Crippen molar-refractivity contribution in [2.24, 2.45) is 0 Å². The fourth-order valence-electron chi connectivity index (χ4n) is 4.48. The van der Waals surface area contributed by atoms with Gasteiger partial charge >= 0.3 is 0 Å². The molecule has 0 radical (unpaired) electrons. The number of aromatic nitrogens is 1. The lowest BCUT2D eigenvalue weighted by Crippen LogP contribution is -2.30. The summed E-state index contributed by atoms with van der Waals surface area (Å²) in [7, 11) is 3.31. The molecule has 0 unspecified atom stereocenters. The molecular formula is C29H30N4O3. The topological polar surface area (TPSA) is 75.7 Å². The number of hydrogen-bond donors (Lipinski definition) is 2. The van der Waals surface area contributed by atoms with E-state index in [4.69, 9.17) is 14.5 Å². The Kier molecular flexibility index (Phi) is 7.00. The van der Waals surface area contributed by atoms with Crippen LogP contribution in [0.5, 0.6) is 11.5 Å². The number of amides is 1. The first-order valence-corrected chi connectivity index (χ1v) is 12.1. The van der Waals surface area contributed by atoms with Crippen molar-refractivity contribution < 1.29 is 14.3 Å². The minimum atomic E-state index is 0.0181. The number of pyridine rings is 1. The van der Waals surface area contributed by atoms with Gasteiger partial charge in [-0.3, -0.25) is 9.69 Å². The van der Waals surface area contributed by atoms with Gasteiger partial charge in [0.05, 0.1) is 26.3 Å². The summed E-state index contributed by atoms with van der Waals surface area (Å²) in [5.74, 6) is 2.30. The lowest BCUT2D eigenvalue weighted by Gasteiger charge is -2.15. The van der Waals surface area contributed by atoms with Gasteiger partial charge in [-0.1, -0.05) is 12.1 Å². The Morgan fingerprint density at radius 1 is 0.861 bits per heavy atom. The van der Waals surface area contributed by atoms with Gasteiger partial charge in [0, 0.05) is 28.4 Å². The first-order chi connectivity index (χ1) is 17.6. The average molecular weight is 483 g/mol. The number of hydrogen-bond acceptors (Lipinski definition) is 6. The zero-order valence-corrected chi connectivity index (χ0v) is 20.6. The molecule has 1 amide bonds. The van der Waals surface area contributed by atoms with Crippen LogP contribution in [0.1, 0.15) is 12.8 Å². The van der Waals surface area contributed by atoms with E-state index in [2.05, 4.69) is 21.6 Å². The van der Waals surface area contributed by atoms with E-state index in [1.807, 2.05) is 66.7 Å². The van der Waals surface area contributed by atoms with E-state index in [1.165, 1.54) is 12.8 Å². The van der Waals surface area contributed by atoms with E-state index < -0.39 is 0 Å². The third-order valence-corrected chi connectivity index (χ3v) is 6.42. The van der Waals surface area contributed by atoms with E-state index >= 15 is 0 Å². The Morgan fingerprint density at radius 2 is 1.53 bits per heavy atom. The van der Waals surface area contributed by atoms with Crippen LogP contribution < -0.4 is 20.1 Å². The molecule has 0 saturated carbocycles. The molecule has 5 rings (SSSR count).